The van der Waals surface area contributed by atoms with Crippen molar-refractivity contribution in [2.24, 2.45) is 17.9 Å². The number of amidine groups is 1. The van der Waals surface area contributed by atoms with Gasteiger partial charge in [0.15, 0.2) is 5.84 Å². The van der Waals surface area contributed by atoms with Gasteiger partial charge in [0.1, 0.15) is 0 Å². The average Bonchev–Trinajstić information content (AvgIpc) is 2.56. The number of aryl methyl sites for hydroxylation is 2. The summed E-state index contributed by atoms with van der Waals surface area (Å²) in [5.41, 5.74) is 8.66. The number of aromatic nitrogens is 1. The fourth-order valence-corrected chi connectivity index (χ4v) is 1.93. The van der Waals surface area contributed by atoms with Gasteiger partial charge in [0.2, 0.25) is 0 Å². The molecule has 4 heteroatoms. The molecule has 0 fully saturated rings. The molecule has 1 aromatic heterocycles. The molecule has 2 rings (SSSR count). The maximum Gasteiger partial charge on any atom is 0.172 e. The summed E-state index contributed by atoms with van der Waals surface area (Å²) in [7, 11) is 1.95. The lowest BCUT2D eigenvalue weighted by Crippen LogP contribution is -2.12. The van der Waals surface area contributed by atoms with Crippen LogP contribution in [0.15, 0.2) is 29.6 Å². The molecule has 0 saturated heterocycles. The third kappa shape index (κ3) is 1.34. The summed E-state index contributed by atoms with van der Waals surface area (Å²) in [6.45, 7) is 2.04. The largest absolute Gasteiger partial charge is 0.409 e. The number of rotatable bonds is 1. The highest BCUT2D eigenvalue weighted by molar-refractivity contribution is 6.09. The Labute approximate surface area is 87.6 Å². The Kier molecular flexibility index (Phi) is 2.11. The van der Waals surface area contributed by atoms with Gasteiger partial charge in [-0.1, -0.05) is 23.4 Å². The van der Waals surface area contributed by atoms with E-state index in [-0.39, 0.29) is 5.84 Å². The molecule has 0 amide bonds. The Bertz CT molecular complexity index is 540. The van der Waals surface area contributed by atoms with Crippen molar-refractivity contribution in [1.82, 2.24) is 4.57 Å². The van der Waals surface area contributed by atoms with Crippen molar-refractivity contribution < 1.29 is 5.21 Å². The van der Waals surface area contributed by atoms with Crippen LogP contribution in [0, 0.1) is 6.92 Å². The van der Waals surface area contributed by atoms with Crippen LogP contribution in [0.1, 0.15) is 11.1 Å². The zero-order chi connectivity index (χ0) is 11.0. The van der Waals surface area contributed by atoms with Crippen molar-refractivity contribution in [2.75, 3.05) is 0 Å². The molecule has 0 aliphatic heterocycles. The van der Waals surface area contributed by atoms with Crippen LogP contribution in [-0.2, 0) is 7.05 Å². The number of para-hydroxylation sites is 1. The molecule has 0 radical (unpaired) electrons. The molecule has 15 heavy (non-hydrogen) atoms. The second-order valence-corrected chi connectivity index (χ2v) is 3.61. The van der Waals surface area contributed by atoms with Gasteiger partial charge in [0, 0.05) is 24.2 Å². The van der Waals surface area contributed by atoms with E-state index in [1.54, 1.807) is 0 Å². The van der Waals surface area contributed by atoms with Crippen LogP contribution in [-0.4, -0.2) is 15.6 Å². The molecule has 0 aliphatic carbocycles. The molecule has 0 saturated carbocycles. The lowest BCUT2D eigenvalue weighted by molar-refractivity contribution is 0.318. The summed E-state index contributed by atoms with van der Waals surface area (Å²) in [6.07, 6.45) is 1.87. The third-order valence-corrected chi connectivity index (χ3v) is 2.59. The van der Waals surface area contributed by atoms with Gasteiger partial charge in [-0.05, 0) is 12.5 Å². The van der Waals surface area contributed by atoms with Gasteiger partial charge in [0.05, 0.1) is 5.52 Å². The highest BCUT2D eigenvalue weighted by Gasteiger charge is 2.10. The van der Waals surface area contributed by atoms with Gasteiger partial charge < -0.3 is 15.5 Å². The van der Waals surface area contributed by atoms with Crippen LogP contribution in [0.3, 0.4) is 0 Å². The summed E-state index contributed by atoms with van der Waals surface area (Å²) in [6, 6.07) is 5.97. The van der Waals surface area contributed by atoms with Gasteiger partial charge >= 0.3 is 0 Å². The number of hydrogen-bond donors (Lipinski definition) is 2. The third-order valence-electron chi connectivity index (χ3n) is 2.59. The summed E-state index contributed by atoms with van der Waals surface area (Å²) in [4.78, 5) is 0. The number of fused-ring (bicyclic) bond motifs is 1. The van der Waals surface area contributed by atoms with Crippen LogP contribution in [0.5, 0.6) is 0 Å². The highest BCUT2D eigenvalue weighted by atomic mass is 16.4. The summed E-state index contributed by atoms with van der Waals surface area (Å²) >= 11 is 0. The highest BCUT2D eigenvalue weighted by Crippen LogP contribution is 2.23. The zero-order valence-electron chi connectivity index (χ0n) is 8.73. The van der Waals surface area contributed by atoms with Crippen molar-refractivity contribution in [2.45, 2.75) is 6.92 Å². The van der Waals surface area contributed by atoms with Crippen LogP contribution in [0.25, 0.3) is 10.9 Å². The molecule has 0 atom stereocenters. The number of benzene rings is 1. The smallest absolute Gasteiger partial charge is 0.172 e. The quantitative estimate of drug-likeness (QED) is 0.320. The fraction of sp³-hybridized carbons (Fsp3) is 0.182. The average molecular weight is 203 g/mol. The molecular weight excluding hydrogens is 190 g/mol. The van der Waals surface area contributed by atoms with E-state index in [0.29, 0.717) is 0 Å². The molecule has 0 spiro atoms. The summed E-state index contributed by atoms with van der Waals surface area (Å²) < 4.78 is 1.98. The van der Waals surface area contributed by atoms with Gasteiger partial charge in [-0.2, -0.15) is 0 Å². The molecule has 3 N–H and O–H groups in total. The Balaban J connectivity index is 2.85. The first kappa shape index (κ1) is 9.58. The number of oxime groups is 1. The molecule has 0 bridgehead atoms. The first-order valence-corrected chi connectivity index (χ1v) is 4.67. The fourth-order valence-electron chi connectivity index (χ4n) is 1.93. The molecule has 78 valence electrons. The Morgan fingerprint density at radius 1 is 1.47 bits per heavy atom. The minimum Gasteiger partial charge on any atom is -0.409 e. The second kappa shape index (κ2) is 3.31. The van der Waals surface area contributed by atoms with E-state index >= 15 is 0 Å². The van der Waals surface area contributed by atoms with E-state index in [1.165, 1.54) is 5.56 Å². The number of nitrogens with two attached hydrogens (primary N) is 1. The molecule has 1 heterocycles. The molecule has 0 unspecified atom stereocenters. The first-order valence-electron chi connectivity index (χ1n) is 4.67. The molecule has 4 nitrogen and oxygen atoms in total. The van der Waals surface area contributed by atoms with Crippen LogP contribution >= 0.6 is 0 Å². The summed E-state index contributed by atoms with van der Waals surface area (Å²) in [5.74, 6) is 0.145. The normalized spacial score (nSPS) is 12.3. The molecule has 1 aromatic carbocycles. The maximum atomic E-state index is 8.68. The Morgan fingerprint density at radius 3 is 2.87 bits per heavy atom. The Morgan fingerprint density at radius 2 is 2.20 bits per heavy atom. The number of hydrogen-bond acceptors (Lipinski definition) is 2. The van der Waals surface area contributed by atoms with E-state index in [1.807, 2.05) is 42.9 Å². The van der Waals surface area contributed by atoms with Gasteiger partial charge in [-0.25, -0.2) is 0 Å². The van der Waals surface area contributed by atoms with E-state index < -0.39 is 0 Å². The topological polar surface area (TPSA) is 63.5 Å². The monoisotopic (exact) mass is 203 g/mol. The first-order chi connectivity index (χ1) is 7.15. The van der Waals surface area contributed by atoms with Gasteiger partial charge in [-0.3, -0.25) is 0 Å². The maximum absolute atomic E-state index is 8.68. The van der Waals surface area contributed by atoms with Crippen molar-refractivity contribution in [1.29, 1.82) is 0 Å². The van der Waals surface area contributed by atoms with Gasteiger partial charge in [0.25, 0.3) is 0 Å². The predicted molar refractivity (Wildman–Crippen MR) is 60.2 cm³/mol. The van der Waals surface area contributed by atoms with E-state index in [0.717, 1.165) is 16.5 Å². The molecule has 0 aliphatic rings. The molecular formula is C11H13N3O. The second-order valence-electron chi connectivity index (χ2n) is 3.61. The van der Waals surface area contributed by atoms with Crippen molar-refractivity contribution in [3.05, 3.63) is 35.5 Å². The van der Waals surface area contributed by atoms with E-state index in [4.69, 9.17) is 10.9 Å². The summed E-state index contributed by atoms with van der Waals surface area (Å²) in [5, 5.41) is 12.7. The van der Waals surface area contributed by atoms with E-state index in [2.05, 4.69) is 5.16 Å². The standard InChI is InChI=1S/C11H13N3O/c1-7-4-3-5-8-9(11(12)13-15)6-14(2)10(7)8/h3-6,15H,1-2H3,(H2,12,13). The lowest BCUT2D eigenvalue weighted by Gasteiger charge is -1.99. The zero-order valence-corrected chi connectivity index (χ0v) is 8.73. The lowest BCUT2D eigenvalue weighted by atomic mass is 10.1. The van der Waals surface area contributed by atoms with Crippen LogP contribution < -0.4 is 5.73 Å². The molecule has 2 aromatic rings. The van der Waals surface area contributed by atoms with Crippen LogP contribution in [0.4, 0.5) is 0 Å². The minimum absolute atomic E-state index is 0.145. The minimum atomic E-state index is 0.145. The van der Waals surface area contributed by atoms with Crippen molar-refractivity contribution >= 4 is 16.7 Å². The Hall–Kier alpha value is -1.97. The van der Waals surface area contributed by atoms with Crippen LogP contribution in [0.2, 0.25) is 0 Å². The van der Waals surface area contributed by atoms with Crippen molar-refractivity contribution in [3.8, 4) is 0 Å². The van der Waals surface area contributed by atoms with Gasteiger partial charge in [-0.15, -0.1) is 0 Å². The predicted octanol–water partition coefficient (Wildman–Crippen LogP) is 1.58. The van der Waals surface area contributed by atoms with E-state index in [9.17, 15) is 0 Å². The number of nitrogens with zero attached hydrogens (tertiary/aromatic N) is 2. The van der Waals surface area contributed by atoms with Crippen molar-refractivity contribution in [3.63, 3.8) is 0 Å². The SMILES string of the molecule is Cc1cccc2c(/C(N)=N/O)cn(C)c12.